The van der Waals surface area contributed by atoms with Crippen molar-refractivity contribution in [2.24, 2.45) is 5.73 Å². The maximum absolute atomic E-state index is 14.2. The molecule has 5 aromatic rings. The van der Waals surface area contributed by atoms with Gasteiger partial charge in [-0.1, -0.05) is 18.2 Å². The van der Waals surface area contributed by atoms with Gasteiger partial charge in [0.1, 0.15) is 5.82 Å². The fourth-order valence-corrected chi connectivity index (χ4v) is 4.29. The number of aromatic amines is 1. The van der Waals surface area contributed by atoms with Gasteiger partial charge >= 0.3 is 5.69 Å². The summed E-state index contributed by atoms with van der Waals surface area (Å²) in [6.45, 7) is 1.58. The Kier molecular flexibility index (Phi) is 6.37. The molecule has 8 nitrogen and oxygen atoms in total. The summed E-state index contributed by atoms with van der Waals surface area (Å²) in [6.07, 6.45) is 4.47. The van der Waals surface area contributed by atoms with Crippen molar-refractivity contribution in [2.75, 3.05) is 13.2 Å². The van der Waals surface area contributed by atoms with Gasteiger partial charge in [-0.3, -0.25) is 0 Å². The minimum absolute atomic E-state index is 0. The smallest absolute Gasteiger partial charge is 0.348 e. The number of halogens is 2. The predicted octanol–water partition coefficient (Wildman–Crippen LogP) is 3.04. The summed E-state index contributed by atoms with van der Waals surface area (Å²) in [5, 5.41) is 17.8. The molecule has 0 aliphatic carbocycles. The molecule has 0 bridgehead atoms. The molecular weight excluding hydrogens is 447 g/mol. The molecule has 0 amide bonds. The summed E-state index contributed by atoms with van der Waals surface area (Å²) in [6, 6.07) is 12.3. The highest BCUT2D eigenvalue weighted by Gasteiger charge is 2.21. The minimum Gasteiger partial charge on any atom is -0.395 e. The second-order valence-electron chi connectivity index (χ2n) is 7.68. The zero-order valence-corrected chi connectivity index (χ0v) is 18.6. The largest absolute Gasteiger partial charge is 0.395 e. The van der Waals surface area contributed by atoms with Crippen LogP contribution < -0.4 is 11.4 Å². The lowest BCUT2D eigenvalue weighted by atomic mass is 10.1. The fourth-order valence-electron chi connectivity index (χ4n) is 4.29. The number of rotatable bonds is 7. The number of nitrogens with zero attached hydrogens (tertiary/aromatic N) is 4. The first kappa shape index (κ1) is 22.8. The van der Waals surface area contributed by atoms with Gasteiger partial charge in [0.05, 0.1) is 17.8 Å². The summed E-state index contributed by atoms with van der Waals surface area (Å²) in [5.74, 6) is 0.0398. The monoisotopic (exact) mass is 470 g/mol. The molecule has 172 valence electrons. The van der Waals surface area contributed by atoms with E-state index in [1.54, 1.807) is 6.07 Å². The average Bonchev–Trinajstić information content (AvgIpc) is 3.46. The molecule has 2 aromatic carbocycles. The number of aliphatic hydroxyl groups excluding tert-OH is 1. The van der Waals surface area contributed by atoms with Crippen LogP contribution in [-0.4, -0.2) is 42.2 Å². The third-order valence-corrected chi connectivity index (χ3v) is 5.71. The highest BCUT2D eigenvalue weighted by Crippen LogP contribution is 2.32. The van der Waals surface area contributed by atoms with Crippen molar-refractivity contribution < 1.29 is 9.50 Å². The van der Waals surface area contributed by atoms with Crippen LogP contribution in [0.1, 0.15) is 6.42 Å². The number of aliphatic hydroxyl groups is 1. The summed E-state index contributed by atoms with van der Waals surface area (Å²) in [4.78, 5) is 12.9. The number of nitrogens with one attached hydrogen (secondary N) is 1. The number of H-pyrrole nitrogens is 1. The Balaban J connectivity index is 0.00000259. The molecule has 33 heavy (non-hydrogen) atoms. The van der Waals surface area contributed by atoms with Gasteiger partial charge in [-0.25, -0.2) is 18.9 Å². The third kappa shape index (κ3) is 3.84. The molecule has 0 aliphatic heterocycles. The van der Waals surface area contributed by atoms with Gasteiger partial charge in [0.2, 0.25) is 0 Å². The zero-order chi connectivity index (χ0) is 22.2. The maximum atomic E-state index is 14.2. The van der Waals surface area contributed by atoms with Crippen LogP contribution in [0, 0.1) is 5.82 Å². The minimum atomic E-state index is -0.416. The van der Waals surface area contributed by atoms with Crippen molar-refractivity contribution in [3.8, 4) is 17.1 Å². The van der Waals surface area contributed by atoms with Gasteiger partial charge in [0.25, 0.3) is 0 Å². The topological polar surface area (TPSA) is 107 Å². The normalized spacial score (nSPS) is 11.4. The van der Waals surface area contributed by atoms with Crippen LogP contribution in [0.25, 0.3) is 38.9 Å². The number of aromatic nitrogens is 5. The molecule has 0 aliphatic rings. The molecule has 3 heterocycles. The number of fused-ring (bicyclic) bond motifs is 2. The van der Waals surface area contributed by atoms with Gasteiger partial charge in [-0.15, -0.1) is 12.4 Å². The Bertz CT molecular complexity index is 1480. The molecule has 0 atom stereocenters. The highest BCUT2D eigenvalue weighted by atomic mass is 35.5. The first-order valence-electron chi connectivity index (χ1n) is 10.5. The molecular formula is C23H24ClFN6O2. The molecule has 3 aromatic heterocycles. The zero-order valence-electron chi connectivity index (χ0n) is 17.7. The van der Waals surface area contributed by atoms with Gasteiger partial charge in [0, 0.05) is 47.3 Å². The fraction of sp³-hybridized carbons (Fsp3) is 0.217. The summed E-state index contributed by atoms with van der Waals surface area (Å²) >= 11 is 0. The van der Waals surface area contributed by atoms with Crippen LogP contribution in [-0.2, 0) is 13.1 Å². The van der Waals surface area contributed by atoms with E-state index >= 15 is 0 Å². The standard InChI is InChI=1S/C23H23FN6O2.ClH/c24-15-6-7-20-17(12-15)21(14-28(20)9-3-8-25)30-22(26-27-23(30)32)18-13-29(10-11-31)19-5-2-1-4-16(18)19;/h1-2,4-7,12-14,31H,3,8-11,25H2,(H,27,32);1H. The van der Waals surface area contributed by atoms with E-state index in [2.05, 4.69) is 10.2 Å². The van der Waals surface area contributed by atoms with E-state index in [1.165, 1.54) is 16.7 Å². The molecule has 0 saturated carbocycles. The van der Waals surface area contributed by atoms with Gasteiger partial charge in [-0.05, 0) is 37.2 Å². The van der Waals surface area contributed by atoms with Crippen LogP contribution in [0.5, 0.6) is 0 Å². The molecule has 4 N–H and O–H groups in total. The molecule has 0 unspecified atom stereocenters. The van der Waals surface area contributed by atoms with E-state index in [0.29, 0.717) is 36.5 Å². The van der Waals surface area contributed by atoms with E-state index in [4.69, 9.17) is 5.73 Å². The van der Waals surface area contributed by atoms with Crippen molar-refractivity contribution in [1.82, 2.24) is 23.9 Å². The number of hydrogen-bond donors (Lipinski definition) is 3. The van der Waals surface area contributed by atoms with E-state index in [1.807, 2.05) is 45.8 Å². The second-order valence-corrected chi connectivity index (χ2v) is 7.68. The van der Waals surface area contributed by atoms with Crippen LogP contribution in [0.3, 0.4) is 0 Å². The first-order valence-corrected chi connectivity index (χ1v) is 10.5. The Hall–Kier alpha value is -3.40. The van der Waals surface area contributed by atoms with Gasteiger partial charge in [-0.2, -0.15) is 5.10 Å². The molecule has 0 spiro atoms. The maximum Gasteiger partial charge on any atom is 0.348 e. The quantitative estimate of drug-likeness (QED) is 0.340. The molecule has 0 saturated heterocycles. The number of nitrogens with two attached hydrogens (primary N) is 1. The summed E-state index contributed by atoms with van der Waals surface area (Å²) in [7, 11) is 0. The second kappa shape index (κ2) is 9.22. The molecule has 0 radical (unpaired) electrons. The molecule has 0 fully saturated rings. The lowest BCUT2D eigenvalue weighted by Gasteiger charge is -2.04. The van der Waals surface area contributed by atoms with Crippen LogP contribution in [0.15, 0.2) is 59.7 Å². The third-order valence-electron chi connectivity index (χ3n) is 5.71. The Morgan fingerprint density at radius 3 is 2.58 bits per heavy atom. The van der Waals surface area contributed by atoms with Crippen molar-refractivity contribution >= 4 is 34.2 Å². The van der Waals surface area contributed by atoms with Gasteiger partial charge in [0.15, 0.2) is 5.82 Å². The van der Waals surface area contributed by atoms with Crippen LogP contribution in [0.2, 0.25) is 0 Å². The number of aryl methyl sites for hydroxylation is 1. The summed E-state index contributed by atoms with van der Waals surface area (Å²) in [5.41, 5.74) is 8.30. The van der Waals surface area contributed by atoms with Crippen LogP contribution in [0.4, 0.5) is 4.39 Å². The molecule has 10 heteroatoms. The highest BCUT2D eigenvalue weighted by molar-refractivity contribution is 5.96. The number of hydrogen-bond acceptors (Lipinski definition) is 4. The van der Waals surface area contributed by atoms with E-state index in [0.717, 1.165) is 28.4 Å². The van der Waals surface area contributed by atoms with Crippen LogP contribution >= 0.6 is 12.4 Å². The lowest BCUT2D eigenvalue weighted by molar-refractivity contribution is 0.278. The van der Waals surface area contributed by atoms with Gasteiger partial charge < -0.3 is 20.0 Å². The predicted molar refractivity (Wildman–Crippen MR) is 129 cm³/mol. The first-order chi connectivity index (χ1) is 15.6. The number of benzene rings is 2. The van der Waals surface area contributed by atoms with Crippen molar-refractivity contribution in [3.05, 3.63) is 71.2 Å². The summed E-state index contributed by atoms with van der Waals surface area (Å²) < 4.78 is 19.6. The van der Waals surface area contributed by atoms with Crippen molar-refractivity contribution in [3.63, 3.8) is 0 Å². The van der Waals surface area contributed by atoms with Crippen molar-refractivity contribution in [1.29, 1.82) is 0 Å². The average molecular weight is 471 g/mol. The van der Waals surface area contributed by atoms with E-state index < -0.39 is 5.69 Å². The Morgan fingerprint density at radius 1 is 1.03 bits per heavy atom. The van der Waals surface area contributed by atoms with Crippen molar-refractivity contribution in [2.45, 2.75) is 19.5 Å². The van der Waals surface area contributed by atoms with E-state index in [-0.39, 0.29) is 24.8 Å². The SMILES string of the molecule is Cl.NCCCn1cc(-n2c(-c3cn(CCO)c4ccccc34)n[nH]c2=O)c2cc(F)ccc21. The Labute approximate surface area is 194 Å². The van der Waals surface area contributed by atoms with E-state index in [9.17, 15) is 14.3 Å². The molecule has 5 rings (SSSR count). The Morgan fingerprint density at radius 2 is 1.79 bits per heavy atom. The lowest BCUT2D eigenvalue weighted by Crippen LogP contribution is -2.15. The number of para-hydroxylation sites is 1.